The third-order valence-electron chi connectivity index (χ3n) is 5.02. The molecule has 3 heterocycles. The molecule has 1 fully saturated rings. The third-order valence-corrected chi connectivity index (χ3v) is 5.02. The minimum Gasteiger partial charge on any atom is -0.339 e. The van der Waals surface area contributed by atoms with Crippen LogP contribution in [0.3, 0.4) is 0 Å². The van der Waals surface area contributed by atoms with Crippen LogP contribution in [0, 0.1) is 12.7 Å². The van der Waals surface area contributed by atoms with Gasteiger partial charge in [0.2, 0.25) is 11.7 Å². The van der Waals surface area contributed by atoms with Crippen molar-refractivity contribution in [1.82, 2.24) is 20.0 Å². The number of piperidine rings is 1. The lowest BCUT2D eigenvalue weighted by Gasteiger charge is -2.30. The highest BCUT2D eigenvalue weighted by Crippen LogP contribution is 2.29. The number of aromatic nitrogens is 3. The zero-order valence-corrected chi connectivity index (χ0v) is 14.7. The molecule has 0 unspecified atom stereocenters. The Bertz CT molecular complexity index is 873. The topological polar surface area (TPSA) is 55.1 Å². The minimum absolute atomic E-state index is 0.171. The molecular formula is C20H21FN4O. The number of aryl methyl sites for hydroxylation is 1. The van der Waals surface area contributed by atoms with Crippen molar-refractivity contribution >= 4 is 0 Å². The van der Waals surface area contributed by atoms with E-state index in [4.69, 9.17) is 4.52 Å². The lowest BCUT2D eigenvalue weighted by molar-refractivity contribution is 0.187. The van der Waals surface area contributed by atoms with E-state index in [1.165, 1.54) is 6.07 Å². The largest absolute Gasteiger partial charge is 0.339 e. The minimum atomic E-state index is -0.171. The monoisotopic (exact) mass is 352 g/mol. The number of benzene rings is 1. The van der Waals surface area contributed by atoms with Gasteiger partial charge < -0.3 is 4.52 Å². The highest BCUT2D eigenvalue weighted by molar-refractivity contribution is 5.52. The van der Waals surface area contributed by atoms with Gasteiger partial charge in [0.15, 0.2) is 0 Å². The van der Waals surface area contributed by atoms with E-state index in [9.17, 15) is 4.39 Å². The molecule has 1 aliphatic heterocycles. The molecule has 0 aliphatic carbocycles. The van der Waals surface area contributed by atoms with Crippen molar-refractivity contribution < 1.29 is 8.91 Å². The Morgan fingerprint density at radius 3 is 2.69 bits per heavy atom. The zero-order chi connectivity index (χ0) is 17.9. The van der Waals surface area contributed by atoms with Gasteiger partial charge >= 0.3 is 0 Å². The standard InChI is InChI=1S/C20H21FN4O/c1-14-2-3-18(21)12-17(14)13-25-10-6-16(7-11-25)20-23-19(24-26-20)15-4-8-22-9-5-15/h2-5,8-9,12,16H,6-7,10-11,13H2,1H3. The predicted molar refractivity (Wildman–Crippen MR) is 95.9 cm³/mol. The number of rotatable bonds is 4. The number of likely N-dealkylation sites (tertiary alicyclic amines) is 1. The zero-order valence-electron chi connectivity index (χ0n) is 14.7. The SMILES string of the molecule is Cc1ccc(F)cc1CN1CCC(c2nc(-c3ccncc3)no2)CC1. The molecule has 2 aromatic heterocycles. The Balaban J connectivity index is 1.38. The van der Waals surface area contributed by atoms with Crippen molar-refractivity contribution in [1.29, 1.82) is 0 Å². The highest BCUT2D eigenvalue weighted by Gasteiger charge is 2.25. The Kier molecular flexibility index (Phi) is 4.75. The maximum absolute atomic E-state index is 13.5. The van der Waals surface area contributed by atoms with Gasteiger partial charge in [-0.05, 0) is 68.2 Å². The van der Waals surface area contributed by atoms with Crippen molar-refractivity contribution in [3.63, 3.8) is 0 Å². The second-order valence-electron chi connectivity index (χ2n) is 6.81. The number of nitrogens with zero attached hydrogens (tertiary/aromatic N) is 4. The second kappa shape index (κ2) is 7.33. The fourth-order valence-electron chi connectivity index (χ4n) is 3.41. The summed E-state index contributed by atoms with van der Waals surface area (Å²) in [5.41, 5.74) is 3.10. The van der Waals surface area contributed by atoms with Gasteiger partial charge in [-0.2, -0.15) is 4.98 Å². The molecule has 0 spiro atoms. The van der Waals surface area contributed by atoms with E-state index >= 15 is 0 Å². The first-order chi connectivity index (χ1) is 12.7. The van der Waals surface area contributed by atoms with Crippen LogP contribution in [0.1, 0.15) is 35.8 Å². The third kappa shape index (κ3) is 3.65. The normalized spacial score (nSPS) is 16.1. The Morgan fingerprint density at radius 1 is 1.15 bits per heavy atom. The predicted octanol–water partition coefficient (Wildman–Crippen LogP) is 3.96. The van der Waals surface area contributed by atoms with Crippen molar-refractivity contribution in [2.24, 2.45) is 0 Å². The first-order valence-corrected chi connectivity index (χ1v) is 8.90. The van der Waals surface area contributed by atoms with Crippen LogP contribution in [0.4, 0.5) is 4.39 Å². The molecule has 6 heteroatoms. The molecule has 26 heavy (non-hydrogen) atoms. The molecule has 1 saturated heterocycles. The number of hydrogen-bond donors (Lipinski definition) is 0. The first kappa shape index (κ1) is 16.8. The number of hydrogen-bond acceptors (Lipinski definition) is 5. The van der Waals surface area contributed by atoms with Gasteiger partial charge in [-0.3, -0.25) is 9.88 Å². The summed E-state index contributed by atoms with van der Waals surface area (Å²) in [5, 5.41) is 4.10. The summed E-state index contributed by atoms with van der Waals surface area (Å²) in [7, 11) is 0. The van der Waals surface area contributed by atoms with Gasteiger partial charge in [-0.15, -0.1) is 0 Å². The first-order valence-electron chi connectivity index (χ1n) is 8.90. The molecule has 0 atom stereocenters. The molecule has 134 valence electrons. The molecule has 0 amide bonds. The van der Waals surface area contributed by atoms with Crippen molar-refractivity contribution in [2.45, 2.75) is 32.2 Å². The summed E-state index contributed by atoms with van der Waals surface area (Å²) < 4.78 is 19.0. The van der Waals surface area contributed by atoms with E-state index in [1.807, 2.05) is 25.1 Å². The molecule has 4 rings (SSSR count). The fraction of sp³-hybridized carbons (Fsp3) is 0.350. The summed E-state index contributed by atoms with van der Waals surface area (Å²) in [6, 6.07) is 8.75. The van der Waals surface area contributed by atoms with E-state index in [0.717, 1.165) is 49.2 Å². The van der Waals surface area contributed by atoms with Crippen LogP contribution in [0.2, 0.25) is 0 Å². The van der Waals surface area contributed by atoms with Crippen molar-refractivity contribution in [3.05, 3.63) is 65.6 Å². The lowest BCUT2D eigenvalue weighted by atomic mass is 9.96. The van der Waals surface area contributed by atoms with Crippen LogP contribution < -0.4 is 0 Å². The highest BCUT2D eigenvalue weighted by atomic mass is 19.1. The van der Waals surface area contributed by atoms with E-state index in [2.05, 4.69) is 20.0 Å². The van der Waals surface area contributed by atoms with Gasteiger partial charge in [-0.1, -0.05) is 11.2 Å². The molecule has 0 N–H and O–H groups in total. The average Bonchev–Trinajstić information content (AvgIpc) is 3.16. The average molecular weight is 352 g/mol. The van der Waals surface area contributed by atoms with Crippen LogP contribution in [0.15, 0.2) is 47.2 Å². The van der Waals surface area contributed by atoms with E-state index < -0.39 is 0 Å². The van der Waals surface area contributed by atoms with Crippen LogP contribution >= 0.6 is 0 Å². The van der Waals surface area contributed by atoms with Gasteiger partial charge in [0.05, 0.1) is 0 Å². The Morgan fingerprint density at radius 2 is 1.92 bits per heavy atom. The smallest absolute Gasteiger partial charge is 0.230 e. The summed E-state index contributed by atoms with van der Waals surface area (Å²) in [6.07, 6.45) is 5.37. The summed E-state index contributed by atoms with van der Waals surface area (Å²) in [6.45, 7) is 4.68. The summed E-state index contributed by atoms with van der Waals surface area (Å²) >= 11 is 0. The van der Waals surface area contributed by atoms with Gasteiger partial charge in [-0.25, -0.2) is 4.39 Å². The van der Waals surface area contributed by atoms with Gasteiger partial charge in [0.25, 0.3) is 0 Å². The maximum Gasteiger partial charge on any atom is 0.230 e. The number of halogens is 1. The molecule has 1 aliphatic rings. The molecule has 1 aromatic carbocycles. The maximum atomic E-state index is 13.5. The molecule has 0 bridgehead atoms. The van der Waals surface area contributed by atoms with E-state index in [0.29, 0.717) is 11.7 Å². The van der Waals surface area contributed by atoms with E-state index in [1.54, 1.807) is 18.5 Å². The summed E-state index contributed by atoms with van der Waals surface area (Å²) in [5.74, 6) is 1.43. The molecule has 0 radical (unpaired) electrons. The Hall–Kier alpha value is -2.60. The van der Waals surface area contributed by atoms with Crippen LogP contribution in [0.5, 0.6) is 0 Å². The number of pyridine rings is 1. The second-order valence-corrected chi connectivity index (χ2v) is 6.81. The fourth-order valence-corrected chi connectivity index (χ4v) is 3.41. The molecular weight excluding hydrogens is 331 g/mol. The van der Waals surface area contributed by atoms with Crippen LogP contribution in [-0.4, -0.2) is 33.1 Å². The molecule has 5 nitrogen and oxygen atoms in total. The van der Waals surface area contributed by atoms with Gasteiger partial charge in [0, 0.05) is 30.4 Å². The van der Waals surface area contributed by atoms with Gasteiger partial charge in [0.1, 0.15) is 5.82 Å². The van der Waals surface area contributed by atoms with E-state index in [-0.39, 0.29) is 11.7 Å². The molecule has 3 aromatic rings. The quantitative estimate of drug-likeness (QED) is 0.711. The van der Waals surface area contributed by atoms with Crippen molar-refractivity contribution in [2.75, 3.05) is 13.1 Å². The van der Waals surface area contributed by atoms with Crippen LogP contribution in [0.25, 0.3) is 11.4 Å². The van der Waals surface area contributed by atoms with Crippen molar-refractivity contribution in [3.8, 4) is 11.4 Å². The summed E-state index contributed by atoms with van der Waals surface area (Å²) in [4.78, 5) is 10.9. The lowest BCUT2D eigenvalue weighted by Crippen LogP contribution is -2.32. The van der Waals surface area contributed by atoms with Crippen LogP contribution in [-0.2, 0) is 6.54 Å². The Labute approximate surface area is 151 Å². The molecule has 0 saturated carbocycles.